The van der Waals surface area contributed by atoms with Crippen LogP contribution in [0.1, 0.15) is 32.6 Å². The maximum absolute atomic E-state index is 11.6. The highest BCUT2D eigenvalue weighted by atomic mass is 16.5. The molecule has 0 spiro atoms. The molecule has 1 N–H and O–H groups in total. The Morgan fingerprint density at radius 3 is 3.00 bits per heavy atom. The lowest BCUT2D eigenvalue weighted by atomic mass is 10.0. The van der Waals surface area contributed by atoms with E-state index < -0.39 is 0 Å². The Labute approximate surface area is 90.6 Å². The molecule has 84 valence electrons. The lowest BCUT2D eigenvalue weighted by molar-refractivity contribution is -0.126. The summed E-state index contributed by atoms with van der Waals surface area (Å²) >= 11 is 0. The molecule has 0 aromatic rings. The average Bonchev–Trinajstić information content (AvgIpc) is 2.64. The molecule has 0 aromatic carbocycles. The van der Waals surface area contributed by atoms with E-state index in [2.05, 4.69) is 11.4 Å². The first-order valence-corrected chi connectivity index (χ1v) is 5.52. The second-order valence-electron chi connectivity index (χ2n) is 3.88. The minimum atomic E-state index is 0.0148. The van der Waals surface area contributed by atoms with Crippen LogP contribution < -0.4 is 5.32 Å². The molecular weight excluding hydrogens is 192 g/mol. The van der Waals surface area contributed by atoms with Gasteiger partial charge in [-0.2, -0.15) is 5.26 Å². The van der Waals surface area contributed by atoms with E-state index >= 15 is 0 Å². The fourth-order valence-electron chi connectivity index (χ4n) is 1.75. The second-order valence-corrected chi connectivity index (χ2v) is 3.88. The number of rotatable bonds is 5. The van der Waals surface area contributed by atoms with Crippen molar-refractivity contribution >= 4 is 5.91 Å². The summed E-state index contributed by atoms with van der Waals surface area (Å²) in [6, 6.07) is 2.09. The van der Waals surface area contributed by atoms with E-state index in [0.29, 0.717) is 19.6 Å². The third-order valence-corrected chi connectivity index (χ3v) is 2.73. The highest BCUT2D eigenvalue weighted by Crippen LogP contribution is 2.20. The molecule has 2 atom stereocenters. The van der Waals surface area contributed by atoms with Gasteiger partial charge in [0.15, 0.2) is 0 Å². The molecule has 1 aliphatic heterocycles. The van der Waals surface area contributed by atoms with E-state index in [1.807, 2.05) is 6.92 Å². The highest BCUT2D eigenvalue weighted by Gasteiger charge is 2.30. The second kappa shape index (κ2) is 6.41. The van der Waals surface area contributed by atoms with Gasteiger partial charge < -0.3 is 10.1 Å². The molecule has 0 bridgehead atoms. The van der Waals surface area contributed by atoms with Gasteiger partial charge in [0, 0.05) is 19.6 Å². The van der Waals surface area contributed by atoms with E-state index in [1.54, 1.807) is 0 Å². The molecule has 0 saturated carbocycles. The number of hydrogen-bond acceptors (Lipinski definition) is 3. The van der Waals surface area contributed by atoms with Gasteiger partial charge in [-0.05, 0) is 26.2 Å². The smallest absolute Gasteiger partial charge is 0.225 e. The maximum Gasteiger partial charge on any atom is 0.225 e. The first-order valence-electron chi connectivity index (χ1n) is 5.52. The SMILES string of the molecule is CC1OCCC1C(=O)NCCCCC#N. The summed E-state index contributed by atoms with van der Waals surface area (Å²) in [5.74, 6) is 0.109. The average molecular weight is 210 g/mol. The van der Waals surface area contributed by atoms with Gasteiger partial charge in [0.1, 0.15) is 0 Å². The van der Waals surface area contributed by atoms with Crippen molar-refractivity contribution in [1.29, 1.82) is 5.26 Å². The fraction of sp³-hybridized carbons (Fsp3) is 0.818. The van der Waals surface area contributed by atoms with Crippen LogP contribution in [0.4, 0.5) is 0 Å². The maximum atomic E-state index is 11.6. The van der Waals surface area contributed by atoms with Gasteiger partial charge in [-0.1, -0.05) is 0 Å². The number of carbonyl (C=O) groups excluding carboxylic acids is 1. The highest BCUT2D eigenvalue weighted by molar-refractivity contribution is 5.79. The van der Waals surface area contributed by atoms with Crippen LogP contribution in [0.3, 0.4) is 0 Å². The number of nitrogens with one attached hydrogen (secondary N) is 1. The molecule has 15 heavy (non-hydrogen) atoms. The minimum Gasteiger partial charge on any atom is -0.378 e. The van der Waals surface area contributed by atoms with E-state index in [4.69, 9.17) is 10.00 Å². The molecule has 1 heterocycles. The molecule has 1 amide bonds. The zero-order valence-electron chi connectivity index (χ0n) is 9.16. The summed E-state index contributed by atoms with van der Waals surface area (Å²) in [7, 11) is 0. The lowest BCUT2D eigenvalue weighted by Crippen LogP contribution is -2.34. The molecule has 0 aromatic heterocycles. The van der Waals surface area contributed by atoms with Crippen LogP contribution in [0.25, 0.3) is 0 Å². The van der Waals surface area contributed by atoms with Crippen molar-refractivity contribution in [2.24, 2.45) is 5.92 Å². The summed E-state index contributed by atoms with van der Waals surface area (Å²) in [5.41, 5.74) is 0. The van der Waals surface area contributed by atoms with Crippen molar-refractivity contribution in [2.75, 3.05) is 13.2 Å². The summed E-state index contributed by atoms with van der Waals surface area (Å²) in [6.45, 7) is 3.30. The van der Waals surface area contributed by atoms with E-state index in [1.165, 1.54) is 0 Å². The molecule has 1 aliphatic rings. The Balaban J connectivity index is 2.11. The van der Waals surface area contributed by atoms with E-state index in [0.717, 1.165) is 19.3 Å². The Morgan fingerprint density at radius 1 is 1.60 bits per heavy atom. The quantitative estimate of drug-likeness (QED) is 0.694. The van der Waals surface area contributed by atoms with Crippen LogP contribution in [0.2, 0.25) is 0 Å². The van der Waals surface area contributed by atoms with Crippen LogP contribution in [0.5, 0.6) is 0 Å². The van der Waals surface area contributed by atoms with Gasteiger partial charge in [0.05, 0.1) is 18.1 Å². The summed E-state index contributed by atoms with van der Waals surface area (Å²) in [5, 5.41) is 11.2. The van der Waals surface area contributed by atoms with Crippen LogP contribution in [0, 0.1) is 17.2 Å². The normalized spacial score (nSPS) is 24.8. The number of unbranched alkanes of at least 4 members (excludes halogenated alkanes) is 2. The topological polar surface area (TPSA) is 62.1 Å². The number of ether oxygens (including phenoxy) is 1. The van der Waals surface area contributed by atoms with Crippen molar-refractivity contribution < 1.29 is 9.53 Å². The number of nitriles is 1. The molecule has 2 unspecified atom stereocenters. The van der Waals surface area contributed by atoms with Crippen molar-refractivity contribution in [3.8, 4) is 6.07 Å². The zero-order valence-corrected chi connectivity index (χ0v) is 9.16. The molecule has 4 heteroatoms. The molecule has 1 fully saturated rings. The van der Waals surface area contributed by atoms with Gasteiger partial charge >= 0.3 is 0 Å². The van der Waals surface area contributed by atoms with Crippen molar-refractivity contribution in [3.05, 3.63) is 0 Å². The number of nitrogens with zero attached hydrogens (tertiary/aromatic N) is 1. The third-order valence-electron chi connectivity index (χ3n) is 2.73. The zero-order chi connectivity index (χ0) is 11.1. The van der Waals surface area contributed by atoms with E-state index in [9.17, 15) is 4.79 Å². The Morgan fingerprint density at radius 2 is 2.40 bits per heavy atom. The van der Waals surface area contributed by atoms with Crippen LogP contribution in [-0.2, 0) is 9.53 Å². The van der Waals surface area contributed by atoms with Gasteiger partial charge in [-0.15, -0.1) is 0 Å². The molecule has 0 radical (unpaired) electrons. The summed E-state index contributed by atoms with van der Waals surface area (Å²) in [6.07, 6.45) is 3.17. The standard InChI is InChI=1S/C11H18N2O2/c1-9-10(5-8-15-9)11(14)13-7-4-2-3-6-12/h9-10H,2-5,7-8H2,1H3,(H,13,14). The Bertz CT molecular complexity index is 247. The van der Waals surface area contributed by atoms with Crippen molar-refractivity contribution in [1.82, 2.24) is 5.32 Å². The predicted molar refractivity (Wildman–Crippen MR) is 56.0 cm³/mol. The molecular formula is C11H18N2O2. The van der Waals surface area contributed by atoms with Crippen LogP contribution in [-0.4, -0.2) is 25.2 Å². The third kappa shape index (κ3) is 3.88. The largest absolute Gasteiger partial charge is 0.378 e. The lowest BCUT2D eigenvalue weighted by Gasteiger charge is -2.13. The van der Waals surface area contributed by atoms with Crippen LogP contribution >= 0.6 is 0 Å². The number of amides is 1. The van der Waals surface area contributed by atoms with Crippen LogP contribution in [0.15, 0.2) is 0 Å². The van der Waals surface area contributed by atoms with Gasteiger partial charge in [0.25, 0.3) is 0 Å². The van der Waals surface area contributed by atoms with Gasteiger partial charge in [-0.3, -0.25) is 4.79 Å². The molecule has 0 aliphatic carbocycles. The van der Waals surface area contributed by atoms with E-state index in [-0.39, 0.29) is 17.9 Å². The van der Waals surface area contributed by atoms with Gasteiger partial charge in [-0.25, -0.2) is 0 Å². The first-order chi connectivity index (χ1) is 7.25. The monoisotopic (exact) mass is 210 g/mol. The number of carbonyl (C=O) groups is 1. The first kappa shape index (κ1) is 12.0. The summed E-state index contributed by atoms with van der Waals surface area (Å²) in [4.78, 5) is 11.6. The molecule has 4 nitrogen and oxygen atoms in total. The Kier molecular flexibility index (Phi) is 5.13. The summed E-state index contributed by atoms with van der Waals surface area (Å²) < 4.78 is 5.33. The fourth-order valence-corrected chi connectivity index (χ4v) is 1.75. The van der Waals surface area contributed by atoms with Gasteiger partial charge in [0.2, 0.25) is 5.91 Å². The van der Waals surface area contributed by atoms with Crippen molar-refractivity contribution in [3.63, 3.8) is 0 Å². The Hall–Kier alpha value is -1.08. The molecule has 1 saturated heterocycles. The van der Waals surface area contributed by atoms with Crippen molar-refractivity contribution in [2.45, 2.75) is 38.7 Å². The predicted octanol–water partition coefficient (Wildman–Crippen LogP) is 1.22. The minimum absolute atomic E-state index is 0.0148. The molecule has 1 rings (SSSR count). The number of hydrogen-bond donors (Lipinski definition) is 1.